The molecule has 0 amide bonds. The zero-order chi connectivity index (χ0) is 18.5. The molecule has 12 heteroatoms. The van der Waals surface area contributed by atoms with Crippen molar-refractivity contribution in [2.45, 2.75) is 37.8 Å². The summed E-state index contributed by atoms with van der Waals surface area (Å²) in [5.41, 5.74) is 25.7. The van der Waals surface area contributed by atoms with Gasteiger partial charge in [-0.25, -0.2) is 10.9 Å². The van der Waals surface area contributed by atoms with Gasteiger partial charge in [-0.3, -0.25) is 19.6 Å². The van der Waals surface area contributed by atoms with Gasteiger partial charge in [-0.05, 0) is 25.7 Å². The Kier molecular flexibility index (Phi) is 10.6. The smallest absolute Gasteiger partial charge is 0.322 e. The van der Waals surface area contributed by atoms with Gasteiger partial charge in [-0.1, -0.05) is 0 Å². The molecule has 12 nitrogen and oxygen atoms in total. The first kappa shape index (κ1) is 21.4. The van der Waals surface area contributed by atoms with Crippen molar-refractivity contribution in [1.82, 2.24) is 10.9 Å². The zero-order valence-electron chi connectivity index (χ0n) is 13.3. The summed E-state index contributed by atoms with van der Waals surface area (Å²) in [6.45, 7) is 0.573. The van der Waals surface area contributed by atoms with Crippen LogP contribution in [-0.4, -0.2) is 59.2 Å². The average Bonchev–Trinajstić information content (AvgIpc) is 2.46. The summed E-state index contributed by atoms with van der Waals surface area (Å²) in [5.74, 6) is -2.37. The molecular weight excluding hydrogens is 320 g/mol. The Hall–Kier alpha value is -2.60. The third kappa shape index (κ3) is 11.0. The number of hydrazine groups is 1. The standard InChI is InChI=1S/C12H26N8O4/c13-11(14)17-5-1-3-7(9(21)22)19-20-8(10(23)24)4-2-6-18-12(15)16/h7-8,19-20H,1-6H2,(H,21,22)(H,23,24)(H4,13,14,17)(H4,15,16,18)/t7-,8?/m0/s1. The quantitative estimate of drug-likeness (QED) is 0.0733. The number of aliphatic imine (C=N–C) groups is 2. The Morgan fingerprint density at radius 3 is 1.38 bits per heavy atom. The maximum absolute atomic E-state index is 11.2. The van der Waals surface area contributed by atoms with Gasteiger partial charge in [-0.2, -0.15) is 0 Å². The number of carboxylic acids is 2. The van der Waals surface area contributed by atoms with Crippen LogP contribution in [0.2, 0.25) is 0 Å². The number of hydrogen-bond donors (Lipinski definition) is 8. The monoisotopic (exact) mass is 346 g/mol. The molecule has 0 aliphatic heterocycles. The Labute approximate surface area is 139 Å². The molecule has 2 atom stereocenters. The van der Waals surface area contributed by atoms with Crippen LogP contribution in [-0.2, 0) is 9.59 Å². The molecule has 1 unspecified atom stereocenters. The fourth-order valence-electron chi connectivity index (χ4n) is 1.72. The van der Waals surface area contributed by atoms with E-state index in [2.05, 4.69) is 20.8 Å². The second-order valence-corrected chi connectivity index (χ2v) is 4.97. The molecule has 0 aromatic heterocycles. The van der Waals surface area contributed by atoms with Gasteiger partial charge < -0.3 is 33.1 Å². The number of guanidine groups is 2. The van der Waals surface area contributed by atoms with Crippen LogP contribution in [0.25, 0.3) is 0 Å². The lowest BCUT2D eigenvalue weighted by atomic mass is 10.1. The summed E-state index contributed by atoms with van der Waals surface area (Å²) in [4.78, 5) is 29.8. The van der Waals surface area contributed by atoms with E-state index < -0.39 is 24.0 Å². The van der Waals surface area contributed by atoms with E-state index in [1.54, 1.807) is 0 Å². The first-order chi connectivity index (χ1) is 11.2. The minimum absolute atomic E-state index is 0.0697. The minimum Gasteiger partial charge on any atom is -0.480 e. The largest absolute Gasteiger partial charge is 0.480 e. The SMILES string of the molecule is NC(N)=NCCCC(NN[C@@H](CCCN=C(N)N)C(=O)O)C(=O)O. The van der Waals surface area contributed by atoms with E-state index in [4.69, 9.17) is 33.1 Å². The molecule has 138 valence electrons. The number of nitrogens with two attached hydrogens (primary N) is 4. The van der Waals surface area contributed by atoms with E-state index in [1.165, 1.54) is 0 Å². The van der Waals surface area contributed by atoms with Crippen LogP contribution in [0, 0.1) is 0 Å². The summed E-state index contributed by atoms with van der Waals surface area (Å²) < 4.78 is 0. The van der Waals surface area contributed by atoms with Crippen molar-refractivity contribution in [2.75, 3.05) is 13.1 Å². The Morgan fingerprint density at radius 1 is 0.792 bits per heavy atom. The molecule has 0 aromatic rings. The zero-order valence-corrected chi connectivity index (χ0v) is 13.3. The topological polar surface area (TPSA) is 227 Å². The van der Waals surface area contributed by atoms with E-state index in [-0.39, 0.29) is 37.9 Å². The predicted molar refractivity (Wildman–Crippen MR) is 88.9 cm³/mol. The maximum atomic E-state index is 11.2. The lowest BCUT2D eigenvalue weighted by Crippen LogP contribution is -2.52. The van der Waals surface area contributed by atoms with Crippen molar-refractivity contribution >= 4 is 23.9 Å². The molecule has 24 heavy (non-hydrogen) atoms. The Balaban J connectivity index is 4.34. The third-order valence-corrected chi connectivity index (χ3v) is 2.92. The van der Waals surface area contributed by atoms with Crippen LogP contribution < -0.4 is 33.8 Å². The number of carboxylic acid groups (broad SMARTS) is 2. The molecule has 0 fully saturated rings. The van der Waals surface area contributed by atoms with Crippen molar-refractivity contribution < 1.29 is 19.8 Å². The molecule has 0 bridgehead atoms. The Morgan fingerprint density at radius 2 is 1.12 bits per heavy atom. The van der Waals surface area contributed by atoms with E-state index in [9.17, 15) is 9.59 Å². The van der Waals surface area contributed by atoms with Gasteiger partial charge in [0.1, 0.15) is 12.1 Å². The van der Waals surface area contributed by atoms with E-state index in [0.717, 1.165) is 0 Å². The number of rotatable bonds is 13. The van der Waals surface area contributed by atoms with Gasteiger partial charge in [-0.15, -0.1) is 0 Å². The van der Waals surface area contributed by atoms with Crippen LogP contribution in [0.1, 0.15) is 25.7 Å². The van der Waals surface area contributed by atoms with Gasteiger partial charge in [0, 0.05) is 13.1 Å². The van der Waals surface area contributed by atoms with Crippen molar-refractivity contribution in [3.8, 4) is 0 Å². The van der Waals surface area contributed by atoms with Crippen LogP contribution >= 0.6 is 0 Å². The highest BCUT2D eigenvalue weighted by Crippen LogP contribution is 2.01. The number of nitrogens with one attached hydrogen (secondary N) is 2. The Bertz CT molecular complexity index is 418. The van der Waals surface area contributed by atoms with Crippen molar-refractivity contribution in [3.05, 3.63) is 0 Å². The van der Waals surface area contributed by atoms with Crippen LogP contribution in [0.15, 0.2) is 9.98 Å². The summed E-state index contributed by atoms with van der Waals surface area (Å²) in [6.07, 6.45) is 1.29. The van der Waals surface area contributed by atoms with Crippen molar-refractivity contribution in [1.29, 1.82) is 0 Å². The molecule has 0 saturated heterocycles. The number of carbonyl (C=O) groups is 2. The van der Waals surface area contributed by atoms with Gasteiger partial charge in [0.25, 0.3) is 0 Å². The molecule has 0 aliphatic rings. The van der Waals surface area contributed by atoms with E-state index >= 15 is 0 Å². The molecule has 0 spiro atoms. The highest BCUT2D eigenvalue weighted by molar-refractivity contribution is 5.76. The molecule has 0 heterocycles. The van der Waals surface area contributed by atoms with Crippen molar-refractivity contribution in [3.63, 3.8) is 0 Å². The van der Waals surface area contributed by atoms with E-state index in [1.807, 2.05) is 0 Å². The lowest BCUT2D eigenvalue weighted by molar-refractivity contribution is -0.143. The minimum atomic E-state index is -1.11. The summed E-state index contributed by atoms with van der Waals surface area (Å²) in [6, 6.07) is -1.95. The van der Waals surface area contributed by atoms with Gasteiger partial charge >= 0.3 is 11.9 Å². The summed E-state index contributed by atoms with van der Waals surface area (Å²) in [7, 11) is 0. The normalized spacial score (nSPS) is 12.8. The van der Waals surface area contributed by atoms with Crippen LogP contribution in [0.5, 0.6) is 0 Å². The van der Waals surface area contributed by atoms with Crippen LogP contribution in [0.3, 0.4) is 0 Å². The lowest BCUT2D eigenvalue weighted by Gasteiger charge is -2.19. The first-order valence-electron chi connectivity index (χ1n) is 7.31. The molecule has 0 rings (SSSR count). The summed E-state index contributed by atoms with van der Waals surface area (Å²) in [5, 5.41) is 18.3. The fourth-order valence-corrected chi connectivity index (χ4v) is 1.72. The fraction of sp³-hybridized carbons (Fsp3) is 0.667. The number of aliphatic carboxylic acids is 2. The van der Waals surface area contributed by atoms with Gasteiger partial charge in [0.15, 0.2) is 11.9 Å². The van der Waals surface area contributed by atoms with Crippen LogP contribution in [0.4, 0.5) is 0 Å². The number of nitrogens with zero attached hydrogens (tertiary/aromatic N) is 2. The van der Waals surface area contributed by atoms with Gasteiger partial charge in [0.05, 0.1) is 0 Å². The van der Waals surface area contributed by atoms with Gasteiger partial charge in [0.2, 0.25) is 0 Å². The number of hydrogen-bond acceptors (Lipinski definition) is 6. The highest BCUT2D eigenvalue weighted by atomic mass is 16.4. The highest BCUT2D eigenvalue weighted by Gasteiger charge is 2.21. The summed E-state index contributed by atoms with van der Waals surface area (Å²) >= 11 is 0. The average molecular weight is 346 g/mol. The van der Waals surface area contributed by atoms with Crippen molar-refractivity contribution in [2.24, 2.45) is 32.9 Å². The van der Waals surface area contributed by atoms with E-state index in [0.29, 0.717) is 12.8 Å². The molecule has 12 N–H and O–H groups in total. The second-order valence-electron chi connectivity index (χ2n) is 4.97. The molecule has 0 saturated carbocycles. The molecular formula is C12H26N8O4. The maximum Gasteiger partial charge on any atom is 0.322 e. The third-order valence-electron chi connectivity index (χ3n) is 2.92. The molecule has 0 radical (unpaired) electrons. The first-order valence-corrected chi connectivity index (χ1v) is 7.31. The predicted octanol–water partition coefficient (Wildman–Crippen LogP) is -2.91. The molecule has 0 aromatic carbocycles. The molecule has 0 aliphatic carbocycles. The second kappa shape index (κ2) is 11.9.